The summed E-state index contributed by atoms with van der Waals surface area (Å²) in [5.74, 6) is -0.182. The van der Waals surface area contributed by atoms with E-state index in [1.54, 1.807) is 12.1 Å². The molecule has 0 aliphatic heterocycles. The number of hydrogen-bond donors (Lipinski definition) is 1. The van der Waals surface area contributed by atoms with Crippen LogP contribution in [0.15, 0.2) is 30.3 Å². The summed E-state index contributed by atoms with van der Waals surface area (Å²) in [6, 6.07) is 8.42. The molecule has 0 amide bonds. The maximum Gasteiger partial charge on any atom is 0.159 e. The summed E-state index contributed by atoms with van der Waals surface area (Å²) < 4.78 is 0. The Bertz CT molecular complexity index is 295. The predicted octanol–water partition coefficient (Wildman–Crippen LogP) is 1.25. The van der Waals surface area contributed by atoms with Gasteiger partial charge in [0.15, 0.2) is 5.78 Å². The van der Waals surface area contributed by atoms with Gasteiger partial charge in [-0.1, -0.05) is 18.2 Å². The van der Waals surface area contributed by atoms with Gasteiger partial charge in [-0.15, -0.1) is 0 Å². The lowest BCUT2D eigenvalue weighted by Crippen LogP contribution is -2.28. The third-order valence-corrected chi connectivity index (χ3v) is 1.67. The first-order chi connectivity index (χ1) is 6.24. The SMILES string of the molecule is CC(=O)C(C=O)Nc1ccccc1. The van der Waals surface area contributed by atoms with Crippen molar-refractivity contribution in [2.45, 2.75) is 13.0 Å². The minimum Gasteiger partial charge on any atom is -0.370 e. The number of ketones is 1. The van der Waals surface area contributed by atoms with Crippen LogP contribution in [0.2, 0.25) is 0 Å². The van der Waals surface area contributed by atoms with Crippen LogP contribution in [0.3, 0.4) is 0 Å². The van der Waals surface area contributed by atoms with Crippen molar-refractivity contribution in [3.63, 3.8) is 0 Å². The van der Waals surface area contributed by atoms with Gasteiger partial charge >= 0.3 is 0 Å². The summed E-state index contributed by atoms with van der Waals surface area (Å²) in [6.07, 6.45) is 0.606. The molecule has 3 nitrogen and oxygen atoms in total. The van der Waals surface area contributed by atoms with Crippen LogP contribution in [-0.4, -0.2) is 18.1 Å². The number of benzene rings is 1. The van der Waals surface area contributed by atoms with Crippen LogP contribution < -0.4 is 5.32 Å². The number of hydrogen-bond acceptors (Lipinski definition) is 3. The summed E-state index contributed by atoms with van der Waals surface area (Å²) in [5, 5.41) is 2.81. The fraction of sp³-hybridized carbons (Fsp3) is 0.200. The van der Waals surface area contributed by atoms with Crippen molar-refractivity contribution in [2.24, 2.45) is 0 Å². The Labute approximate surface area is 76.8 Å². The average Bonchev–Trinajstić information content (AvgIpc) is 2.15. The lowest BCUT2D eigenvalue weighted by Gasteiger charge is -2.09. The summed E-state index contributed by atoms with van der Waals surface area (Å²) in [5.41, 5.74) is 0.773. The van der Waals surface area contributed by atoms with Crippen LogP contribution in [0.4, 0.5) is 5.69 Å². The largest absolute Gasteiger partial charge is 0.370 e. The second-order valence-electron chi connectivity index (χ2n) is 2.73. The molecule has 13 heavy (non-hydrogen) atoms. The number of carbonyl (C=O) groups is 2. The van der Waals surface area contributed by atoms with Gasteiger partial charge in [0, 0.05) is 5.69 Å². The highest BCUT2D eigenvalue weighted by Gasteiger charge is 2.11. The standard InChI is InChI=1S/C10H11NO2/c1-8(13)10(7-12)11-9-5-3-2-4-6-9/h2-7,10-11H,1H3. The van der Waals surface area contributed by atoms with E-state index in [4.69, 9.17) is 0 Å². The van der Waals surface area contributed by atoms with E-state index < -0.39 is 6.04 Å². The Morgan fingerprint density at radius 2 is 2.00 bits per heavy atom. The van der Waals surface area contributed by atoms with E-state index in [9.17, 15) is 9.59 Å². The number of aldehydes is 1. The summed E-state index contributed by atoms with van der Waals surface area (Å²) in [6.45, 7) is 1.38. The normalized spacial score (nSPS) is 11.8. The molecule has 68 valence electrons. The molecule has 0 radical (unpaired) electrons. The molecule has 0 heterocycles. The summed E-state index contributed by atoms with van der Waals surface area (Å²) in [7, 11) is 0. The molecule has 0 saturated heterocycles. The smallest absolute Gasteiger partial charge is 0.159 e. The molecule has 3 heteroatoms. The Morgan fingerprint density at radius 3 is 2.46 bits per heavy atom. The van der Waals surface area contributed by atoms with Gasteiger partial charge in [0.1, 0.15) is 12.3 Å². The zero-order valence-electron chi connectivity index (χ0n) is 7.36. The number of rotatable bonds is 4. The van der Waals surface area contributed by atoms with Crippen molar-refractivity contribution in [1.29, 1.82) is 0 Å². The van der Waals surface area contributed by atoms with Gasteiger partial charge in [0.05, 0.1) is 0 Å². The van der Waals surface area contributed by atoms with Gasteiger partial charge in [-0.05, 0) is 19.1 Å². The second-order valence-corrected chi connectivity index (χ2v) is 2.73. The highest BCUT2D eigenvalue weighted by molar-refractivity contribution is 5.98. The van der Waals surface area contributed by atoms with Crippen molar-refractivity contribution in [3.8, 4) is 0 Å². The van der Waals surface area contributed by atoms with E-state index in [0.29, 0.717) is 6.29 Å². The topological polar surface area (TPSA) is 46.2 Å². The number of anilines is 1. The van der Waals surface area contributed by atoms with E-state index in [-0.39, 0.29) is 5.78 Å². The molecule has 1 atom stereocenters. The van der Waals surface area contributed by atoms with Gasteiger partial charge in [0.25, 0.3) is 0 Å². The molecule has 1 N–H and O–H groups in total. The molecule has 1 unspecified atom stereocenters. The van der Waals surface area contributed by atoms with E-state index in [2.05, 4.69) is 5.32 Å². The molecule has 0 aliphatic carbocycles. The van der Waals surface area contributed by atoms with Crippen LogP contribution in [0.5, 0.6) is 0 Å². The van der Waals surface area contributed by atoms with E-state index >= 15 is 0 Å². The first-order valence-corrected chi connectivity index (χ1v) is 4.01. The van der Waals surface area contributed by atoms with Gasteiger partial charge in [-0.2, -0.15) is 0 Å². The first-order valence-electron chi connectivity index (χ1n) is 4.01. The molecular weight excluding hydrogens is 166 g/mol. The number of nitrogens with one attached hydrogen (secondary N) is 1. The van der Waals surface area contributed by atoms with Crippen molar-refractivity contribution >= 4 is 17.8 Å². The Morgan fingerprint density at radius 1 is 1.38 bits per heavy atom. The van der Waals surface area contributed by atoms with Crippen LogP contribution in [0.25, 0.3) is 0 Å². The van der Waals surface area contributed by atoms with Gasteiger partial charge in [-0.25, -0.2) is 0 Å². The molecule has 0 spiro atoms. The Balaban J connectivity index is 2.67. The third kappa shape index (κ3) is 2.71. The predicted molar refractivity (Wildman–Crippen MR) is 50.6 cm³/mol. The van der Waals surface area contributed by atoms with Gasteiger partial charge < -0.3 is 10.1 Å². The fourth-order valence-electron chi connectivity index (χ4n) is 0.945. The number of Topliss-reactive ketones (excluding diaryl/α,β-unsaturated/α-hetero) is 1. The second kappa shape index (κ2) is 4.40. The average molecular weight is 177 g/mol. The number of carbonyl (C=O) groups excluding carboxylic acids is 2. The van der Waals surface area contributed by atoms with Crippen LogP contribution in [0.1, 0.15) is 6.92 Å². The van der Waals surface area contributed by atoms with Crippen molar-refractivity contribution in [2.75, 3.05) is 5.32 Å². The maximum atomic E-state index is 10.9. The van der Waals surface area contributed by atoms with Gasteiger partial charge in [-0.3, -0.25) is 4.79 Å². The maximum absolute atomic E-state index is 10.9. The lowest BCUT2D eigenvalue weighted by molar-refractivity contribution is -0.121. The van der Waals surface area contributed by atoms with Gasteiger partial charge in [0.2, 0.25) is 0 Å². The zero-order valence-corrected chi connectivity index (χ0v) is 7.36. The van der Waals surface area contributed by atoms with Crippen LogP contribution >= 0.6 is 0 Å². The molecule has 1 aromatic carbocycles. The first kappa shape index (κ1) is 9.45. The third-order valence-electron chi connectivity index (χ3n) is 1.67. The summed E-state index contributed by atoms with van der Waals surface area (Å²) >= 11 is 0. The Hall–Kier alpha value is -1.64. The quantitative estimate of drug-likeness (QED) is 0.556. The molecule has 0 bridgehead atoms. The minimum absolute atomic E-state index is 0.182. The van der Waals surface area contributed by atoms with Crippen LogP contribution in [0, 0.1) is 0 Å². The molecule has 1 aromatic rings. The van der Waals surface area contributed by atoms with Crippen LogP contribution in [-0.2, 0) is 9.59 Å². The van der Waals surface area contributed by atoms with E-state index in [1.165, 1.54) is 6.92 Å². The monoisotopic (exact) mass is 177 g/mol. The highest BCUT2D eigenvalue weighted by atomic mass is 16.1. The molecule has 1 rings (SSSR count). The summed E-state index contributed by atoms with van der Waals surface area (Å²) in [4.78, 5) is 21.4. The van der Waals surface area contributed by atoms with E-state index in [0.717, 1.165) is 5.69 Å². The molecule has 0 saturated carbocycles. The van der Waals surface area contributed by atoms with Crippen molar-refractivity contribution in [3.05, 3.63) is 30.3 Å². The van der Waals surface area contributed by atoms with Crippen molar-refractivity contribution < 1.29 is 9.59 Å². The Kier molecular flexibility index (Phi) is 3.20. The zero-order chi connectivity index (χ0) is 9.68. The molecule has 0 aromatic heterocycles. The highest BCUT2D eigenvalue weighted by Crippen LogP contribution is 2.06. The van der Waals surface area contributed by atoms with Crippen molar-refractivity contribution in [1.82, 2.24) is 0 Å². The van der Waals surface area contributed by atoms with E-state index in [1.807, 2.05) is 18.2 Å². The molecule has 0 aliphatic rings. The molecule has 0 fully saturated rings. The lowest BCUT2D eigenvalue weighted by atomic mass is 10.2. The molecular formula is C10H11NO2. The fourth-order valence-corrected chi connectivity index (χ4v) is 0.945. The minimum atomic E-state index is -0.734. The number of para-hydroxylation sites is 1.